The molecule has 0 saturated carbocycles. The summed E-state index contributed by atoms with van der Waals surface area (Å²) in [6, 6.07) is 13.6. The molecule has 0 aliphatic carbocycles. The Morgan fingerprint density at radius 3 is 2.29 bits per heavy atom. The third kappa shape index (κ3) is 7.21. The molecule has 8 nitrogen and oxygen atoms in total. The zero-order valence-electron chi connectivity index (χ0n) is 20.7. The molecule has 0 bridgehead atoms. The SMILES string of the molecule is CC[C@H](C)NC(=O)[C@H](C)N(Cc1ccccc1)C(=O)CN(c1cc(C)ccc1OC)S(C)(=O)=O. The van der Waals surface area contributed by atoms with Crippen LogP contribution in [0.3, 0.4) is 0 Å². The molecule has 0 spiro atoms. The largest absolute Gasteiger partial charge is 0.495 e. The molecule has 34 heavy (non-hydrogen) atoms. The highest BCUT2D eigenvalue weighted by atomic mass is 32.2. The van der Waals surface area contributed by atoms with Gasteiger partial charge in [0.1, 0.15) is 18.3 Å². The van der Waals surface area contributed by atoms with Crippen molar-refractivity contribution < 1.29 is 22.7 Å². The van der Waals surface area contributed by atoms with Crippen molar-refractivity contribution in [2.45, 2.75) is 52.7 Å². The van der Waals surface area contributed by atoms with Gasteiger partial charge in [-0.2, -0.15) is 0 Å². The molecular formula is C25H35N3O5S. The first kappa shape index (κ1) is 27.2. The molecule has 1 N–H and O–H groups in total. The Balaban J connectivity index is 2.43. The van der Waals surface area contributed by atoms with Gasteiger partial charge in [-0.3, -0.25) is 13.9 Å². The number of rotatable bonds is 11. The quantitative estimate of drug-likeness (QED) is 0.523. The Bertz CT molecular complexity index is 1090. The van der Waals surface area contributed by atoms with Crippen LogP contribution in [0.15, 0.2) is 48.5 Å². The van der Waals surface area contributed by atoms with Crippen LogP contribution >= 0.6 is 0 Å². The average molecular weight is 490 g/mol. The lowest BCUT2D eigenvalue weighted by Crippen LogP contribution is -2.52. The fraction of sp³-hybridized carbons (Fsp3) is 0.440. The van der Waals surface area contributed by atoms with Gasteiger partial charge in [0.2, 0.25) is 21.8 Å². The Morgan fingerprint density at radius 2 is 1.74 bits per heavy atom. The van der Waals surface area contributed by atoms with Gasteiger partial charge in [0.25, 0.3) is 0 Å². The molecule has 2 amide bonds. The lowest BCUT2D eigenvalue weighted by atomic mass is 10.1. The summed E-state index contributed by atoms with van der Waals surface area (Å²) in [5.41, 5.74) is 1.92. The molecule has 0 unspecified atom stereocenters. The van der Waals surface area contributed by atoms with Crippen LogP contribution in [-0.2, 0) is 26.2 Å². The van der Waals surface area contributed by atoms with Gasteiger partial charge in [-0.25, -0.2) is 8.42 Å². The number of nitrogens with one attached hydrogen (secondary N) is 1. The van der Waals surface area contributed by atoms with Crippen LogP contribution in [0.2, 0.25) is 0 Å². The molecule has 0 saturated heterocycles. The maximum atomic E-state index is 13.6. The Hall–Kier alpha value is -3.07. The molecule has 0 radical (unpaired) electrons. The van der Waals surface area contributed by atoms with Gasteiger partial charge in [0.05, 0.1) is 19.1 Å². The second-order valence-corrected chi connectivity index (χ2v) is 10.4. The van der Waals surface area contributed by atoms with Crippen LogP contribution in [0.1, 0.15) is 38.3 Å². The lowest BCUT2D eigenvalue weighted by molar-refractivity contribution is -0.139. The number of methoxy groups -OCH3 is 1. The molecule has 186 valence electrons. The smallest absolute Gasteiger partial charge is 0.244 e. The summed E-state index contributed by atoms with van der Waals surface area (Å²) < 4.78 is 31.9. The van der Waals surface area contributed by atoms with Crippen LogP contribution in [-0.4, -0.2) is 57.1 Å². The maximum absolute atomic E-state index is 13.6. The van der Waals surface area contributed by atoms with Gasteiger partial charge in [-0.1, -0.05) is 43.3 Å². The minimum Gasteiger partial charge on any atom is -0.495 e. The number of hydrogen-bond acceptors (Lipinski definition) is 5. The van der Waals surface area contributed by atoms with Crippen LogP contribution in [0, 0.1) is 6.92 Å². The Morgan fingerprint density at radius 1 is 1.09 bits per heavy atom. The normalized spacial score (nSPS) is 13.0. The van der Waals surface area contributed by atoms with E-state index in [2.05, 4.69) is 5.32 Å². The van der Waals surface area contributed by atoms with E-state index in [-0.39, 0.29) is 24.2 Å². The zero-order chi connectivity index (χ0) is 25.5. The zero-order valence-corrected chi connectivity index (χ0v) is 21.6. The van der Waals surface area contributed by atoms with E-state index in [0.29, 0.717) is 5.75 Å². The van der Waals surface area contributed by atoms with Crippen LogP contribution in [0.4, 0.5) is 5.69 Å². The van der Waals surface area contributed by atoms with Crippen LogP contribution < -0.4 is 14.4 Å². The fourth-order valence-electron chi connectivity index (χ4n) is 3.42. The number of carbonyl (C=O) groups is 2. The lowest BCUT2D eigenvalue weighted by Gasteiger charge is -2.32. The third-order valence-corrected chi connectivity index (χ3v) is 6.77. The highest BCUT2D eigenvalue weighted by Gasteiger charge is 2.31. The summed E-state index contributed by atoms with van der Waals surface area (Å²) in [6.07, 6.45) is 1.79. The molecule has 2 atom stereocenters. The number of anilines is 1. The molecule has 2 rings (SSSR count). The van der Waals surface area contributed by atoms with Gasteiger partial charge in [0, 0.05) is 12.6 Å². The number of nitrogens with zero attached hydrogens (tertiary/aromatic N) is 2. The summed E-state index contributed by atoms with van der Waals surface area (Å²) in [5.74, 6) is -0.455. The number of hydrogen-bond donors (Lipinski definition) is 1. The van der Waals surface area contributed by atoms with E-state index < -0.39 is 28.5 Å². The Labute approximate surface area is 202 Å². The van der Waals surface area contributed by atoms with Gasteiger partial charge in [-0.05, 0) is 50.5 Å². The first-order chi connectivity index (χ1) is 16.0. The highest BCUT2D eigenvalue weighted by Crippen LogP contribution is 2.31. The van der Waals surface area contributed by atoms with Crippen molar-refractivity contribution in [1.29, 1.82) is 0 Å². The number of carbonyl (C=O) groups excluding carboxylic acids is 2. The van der Waals surface area contributed by atoms with Gasteiger partial charge < -0.3 is 15.0 Å². The van der Waals surface area contributed by atoms with Crippen LogP contribution in [0.25, 0.3) is 0 Å². The van der Waals surface area contributed by atoms with E-state index in [1.54, 1.807) is 25.1 Å². The van der Waals surface area contributed by atoms with Crippen molar-refractivity contribution >= 4 is 27.5 Å². The summed E-state index contributed by atoms with van der Waals surface area (Å²) in [5, 5.41) is 2.91. The fourth-order valence-corrected chi connectivity index (χ4v) is 4.26. The van der Waals surface area contributed by atoms with E-state index in [1.165, 1.54) is 12.0 Å². The van der Waals surface area contributed by atoms with E-state index in [0.717, 1.165) is 28.1 Å². The molecule has 0 aliphatic heterocycles. The van der Waals surface area contributed by atoms with Crippen molar-refractivity contribution in [2.75, 3.05) is 24.2 Å². The molecule has 0 aromatic heterocycles. The van der Waals surface area contributed by atoms with Crippen molar-refractivity contribution in [1.82, 2.24) is 10.2 Å². The molecule has 0 aliphatic rings. The predicted octanol–water partition coefficient (Wildman–Crippen LogP) is 3.10. The molecular weight excluding hydrogens is 454 g/mol. The predicted molar refractivity (Wildman–Crippen MR) is 134 cm³/mol. The van der Waals surface area contributed by atoms with Crippen molar-refractivity contribution in [3.05, 3.63) is 59.7 Å². The first-order valence-electron chi connectivity index (χ1n) is 11.2. The third-order valence-electron chi connectivity index (χ3n) is 5.65. The number of aryl methyl sites for hydroxylation is 1. The number of sulfonamides is 1. The molecule has 9 heteroatoms. The summed E-state index contributed by atoms with van der Waals surface area (Å²) >= 11 is 0. The number of benzene rings is 2. The van der Waals surface area contributed by atoms with Gasteiger partial charge in [0.15, 0.2) is 0 Å². The number of amides is 2. The van der Waals surface area contributed by atoms with E-state index >= 15 is 0 Å². The van der Waals surface area contributed by atoms with E-state index in [4.69, 9.17) is 4.74 Å². The van der Waals surface area contributed by atoms with Crippen molar-refractivity contribution in [3.63, 3.8) is 0 Å². The topological polar surface area (TPSA) is 96.0 Å². The minimum absolute atomic E-state index is 0.0484. The average Bonchev–Trinajstić information content (AvgIpc) is 2.80. The van der Waals surface area contributed by atoms with Crippen molar-refractivity contribution in [3.8, 4) is 5.75 Å². The second-order valence-electron chi connectivity index (χ2n) is 8.45. The summed E-state index contributed by atoms with van der Waals surface area (Å²) in [7, 11) is -2.39. The molecule has 0 heterocycles. The Kier molecular flexibility index (Phi) is 9.49. The summed E-state index contributed by atoms with van der Waals surface area (Å²) in [6.45, 7) is 7.03. The monoisotopic (exact) mass is 489 g/mol. The van der Waals surface area contributed by atoms with Crippen molar-refractivity contribution in [2.24, 2.45) is 0 Å². The van der Waals surface area contributed by atoms with E-state index in [9.17, 15) is 18.0 Å². The number of ether oxygens (including phenoxy) is 1. The summed E-state index contributed by atoms with van der Waals surface area (Å²) in [4.78, 5) is 27.9. The van der Waals surface area contributed by atoms with Gasteiger partial charge >= 0.3 is 0 Å². The first-order valence-corrected chi connectivity index (χ1v) is 13.1. The minimum atomic E-state index is -3.83. The second kappa shape index (κ2) is 11.9. The van der Waals surface area contributed by atoms with Gasteiger partial charge in [-0.15, -0.1) is 0 Å². The molecule has 2 aromatic rings. The maximum Gasteiger partial charge on any atom is 0.244 e. The standard InChI is InChI=1S/C25H35N3O5S/c1-7-19(3)26-25(30)20(4)27(16-21-11-9-8-10-12-21)24(29)17-28(34(6,31)32)22-15-18(2)13-14-23(22)33-5/h8-15,19-20H,7,16-17H2,1-6H3,(H,26,30)/t19-,20-/m0/s1. The molecule has 2 aromatic carbocycles. The highest BCUT2D eigenvalue weighted by molar-refractivity contribution is 7.92. The molecule has 0 fully saturated rings. The van der Waals surface area contributed by atoms with Crippen LogP contribution in [0.5, 0.6) is 5.75 Å². The van der Waals surface area contributed by atoms with E-state index in [1.807, 2.05) is 51.1 Å².